The highest BCUT2D eigenvalue weighted by Gasteiger charge is 2.29. The van der Waals surface area contributed by atoms with Crippen LogP contribution < -0.4 is 0 Å². The van der Waals surface area contributed by atoms with Crippen molar-refractivity contribution in [3.63, 3.8) is 0 Å². The lowest BCUT2D eigenvalue weighted by Crippen LogP contribution is -2.42. The van der Waals surface area contributed by atoms with Gasteiger partial charge in [0.2, 0.25) is 0 Å². The molecule has 0 radical (unpaired) electrons. The largest absolute Gasteiger partial charge is 0.481 e. The molecule has 0 saturated carbocycles. The van der Waals surface area contributed by atoms with E-state index in [1.165, 1.54) is 0 Å². The Balaban J connectivity index is 2.10. The average Bonchev–Trinajstić information content (AvgIpc) is 2.74. The molecule has 1 fully saturated rings. The van der Waals surface area contributed by atoms with Crippen molar-refractivity contribution in [2.75, 3.05) is 13.1 Å². The summed E-state index contributed by atoms with van der Waals surface area (Å²) < 4.78 is 0. The fraction of sp³-hybridized carbons (Fsp3) is 0.500. The molecule has 1 amide bonds. The van der Waals surface area contributed by atoms with Gasteiger partial charge in [-0.25, -0.2) is 0 Å². The van der Waals surface area contributed by atoms with Gasteiger partial charge in [-0.3, -0.25) is 9.59 Å². The van der Waals surface area contributed by atoms with Crippen LogP contribution in [0.2, 0.25) is 0 Å². The number of aromatic amines is 1. The van der Waals surface area contributed by atoms with Crippen molar-refractivity contribution in [1.82, 2.24) is 9.88 Å². The van der Waals surface area contributed by atoms with E-state index in [1.54, 1.807) is 17.3 Å². The standard InChI is InChI=1S/C12H16N2O3/c1-8-5-13-6-10(8)11(15)14-4-2-3-9(7-14)12(16)17/h5-6,9,13H,2-4,7H2,1H3,(H,16,17). The zero-order valence-corrected chi connectivity index (χ0v) is 9.77. The van der Waals surface area contributed by atoms with Gasteiger partial charge in [0.05, 0.1) is 11.5 Å². The normalized spacial score (nSPS) is 20.3. The Labute approximate surface area is 99.4 Å². The predicted molar refractivity (Wildman–Crippen MR) is 61.8 cm³/mol. The monoisotopic (exact) mass is 236 g/mol. The molecule has 1 aromatic rings. The SMILES string of the molecule is Cc1c[nH]cc1C(=O)N1CCCC(C(=O)O)C1. The number of H-pyrrole nitrogens is 1. The lowest BCUT2D eigenvalue weighted by Gasteiger charge is -2.30. The van der Waals surface area contributed by atoms with Crippen molar-refractivity contribution >= 4 is 11.9 Å². The molecule has 1 atom stereocenters. The summed E-state index contributed by atoms with van der Waals surface area (Å²) in [7, 11) is 0. The van der Waals surface area contributed by atoms with E-state index < -0.39 is 11.9 Å². The molecule has 5 nitrogen and oxygen atoms in total. The third-order valence-corrected chi connectivity index (χ3v) is 3.24. The van der Waals surface area contributed by atoms with Crippen molar-refractivity contribution in [2.24, 2.45) is 5.92 Å². The van der Waals surface area contributed by atoms with Crippen LogP contribution in [0.25, 0.3) is 0 Å². The number of amides is 1. The van der Waals surface area contributed by atoms with Crippen molar-refractivity contribution in [2.45, 2.75) is 19.8 Å². The Bertz CT molecular complexity index is 439. The van der Waals surface area contributed by atoms with E-state index in [4.69, 9.17) is 5.11 Å². The maximum absolute atomic E-state index is 12.2. The summed E-state index contributed by atoms with van der Waals surface area (Å²) >= 11 is 0. The number of nitrogens with one attached hydrogen (secondary N) is 1. The lowest BCUT2D eigenvalue weighted by atomic mass is 9.97. The number of carboxylic acid groups (broad SMARTS) is 1. The second-order valence-electron chi connectivity index (χ2n) is 4.48. The number of likely N-dealkylation sites (tertiary alicyclic amines) is 1. The van der Waals surface area contributed by atoms with Crippen LogP contribution in [0.5, 0.6) is 0 Å². The van der Waals surface area contributed by atoms with Crippen molar-refractivity contribution < 1.29 is 14.7 Å². The third-order valence-electron chi connectivity index (χ3n) is 3.24. The number of hydrogen-bond acceptors (Lipinski definition) is 2. The zero-order valence-electron chi connectivity index (χ0n) is 9.77. The maximum Gasteiger partial charge on any atom is 0.308 e. The molecular formula is C12H16N2O3. The smallest absolute Gasteiger partial charge is 0.308 e. The van der Waals surface area contributed by atoms with Gasteiger partial charge in [0.15, 0.2) is 0 Å². The Morgan fingerprint density at radius 3 is 2.82 bits per heavy atom. The third kappa shape index (κ3) is 2.33. The summed E-state index contributed by atoms with van der Waals surface area (Å²) in [5.41, 5.74) is 1.53. The molecule has 5 heteroatoms. The van der Waals surface area contributed by atoms with Crippen LogP contribution in [0, 0.1) is 12.8 Å². The summed E-state index contributed by atoms with van der Waals surface area (Å²) in [4.78, 5) is 27.6. The van der Waals surface area contributed by atoms with E-state index in [9.17, 15) is 9.59 Å². The fourth-order valence-electron chi connectivity index (χ4n) is 2.21. The molecule has 2 heterocycles. The Kier molecular flexibility index (Phi) is 3.17. The lowest BCUT2D eigenvalue weighted by molar-refractivity contribution is -0.143. The Morgan fingerprint density at radius 1 is 1.47 bits per heavy atom. The van der Waals surface area contributed by atoms with Gasteiger partial charge in [-0.2, -0.15) is 0 Å². The van der Waals surface area contributed by atoms with Gasteiger partial charge in [-0.1, -0.05) is 0 Å². The van der Waals surface area contributed by atoms with E-state index in [0.717, 1.165) is 12.0 Å². The first-order valence-corrected chi connectivity index (χ1v) is 5.75. The molecule has 0 bridgehead atoms. The van der Waals surface area contributed by atoms with Crippen LogP contribution in [-0.4, -0.2) is 40.0 Å². The van der Waals surface area contributed by atoms with Crippen LogP contribution in [0.1, 0.15) is 28.8 Å². The van der Waals surface area contributed by atoms with Crippen molar-refractivity contribution in [3.8, 4) is 0 Å². The molecule has 1 aromatic heterocycles. The minimum atomic E-state index is -0.812. The molecule has 1 saturated heterocycles. The average molecular weight is 236 g/mol. The van der Waals surface area contributed by atoms with Crippen molar-refractivity contribution in [3.05, 3.63) is 23.5 Å². The molecule has 2 N–H and O–H groups in total. The number of aryl methyl sites for hydroxylation is 1. The van der Waals surface area contributed by atoms with Crippen LogP contribution in [0.4, 0.5) is 0 Å². The molecule has 2 rings (SSSR count). The number of nitrogens with zero attached hydrogens (tertiary/aromatic N) is 1. The molecule has 1 aliphatic heterocycles. The summed E-state index contributed by atoms with van der Waals surface area (Å²) in [6.07, 6.45) is 4.85. The van der Waals surface area contributed by atoms with Crippen LogP contribution in [-0.2, 0) is 4.79 Å². The van der Waals surface area contributed by atoms with Crippen LogP contribution >= 0.6 is 0 Å². The first-order valence-electron chi connectivity index (χ1n) is 5.75. The second kappa shape index (κ2) is 4.61. The molecular weight excluding hydrogens is 220 g/mol. The zero-order chi connectivity index (χ0) is 12.4. The second-order valence-corrected chi connectivity index (χ2v) is 4.48. The quantitative estimate of drug-likeness (QED) is 0.811. The minimum Gasteiger partial charge on any atom is -0.481 e. The summed E-state index contributed by atoms with van der Waals surface area (Å²) in [6.45, 7) is 2.83. The first kappa shape index (κ1) is 11.7. The van der Waals surface area contributed by atoms with Gasteiger partial charge in [-0.15, -0.1) is 0 Å². The van der Waals surface area contributed by atoms with E-state index in [0.29, 0.717) is 25.1 Å². The van der Waals surface area contributed by atoms with Crippen molar-refractivity contribution in [1.29, 1.82) is 0 Å². The van der Waals surface area contributed by atoms with Gasteiger partial charge >= 0.3 is 5.97 Å². The summed E-state index contributed by atoms with van der Waals surface area (Å²) in [5.74, 6) is -1.31. The number of aliphatic carboxylic acids is 1. The highest BCUT2D eigenvalue weighted by atomic mass is 16.4. The minimum absolute atomic E-state index is 0.0744. The summed E-state index contributed by atoms with van der Waals surface area (Å²) in [5, 5.41) is 8.98. The number of carboxylic acids is 1. The van der Waals surface area contributed by atoms with E-state index in [2.05, 4.69) is 4.98 Å². The highest BCUT2D eigenvalue weighted by molar-refractivity contribution is 5.95. The van der Waals surface area contributed by atoms with E-state index in [-0.39, 0.29) is 5.91 Å². The molecule has 1 unspecified atom stereocenters. The number of aromatic nitrogens is 1. The molecule has 0 aliphatic carbocycles. The van der Waals surface area contributed by atoms with Crippen LogP contribution in [0.15, 0.2) is 12.4 Å². The van der Waals surface area contributed by atoms with Gasteiger partial charge in [0.25, 0.3) is 5.91 Å². The number of carbonyl (C=O) groups excluding carboxylic acids is 1. The molecule has 0 spiro atoms. The molecule has 1 aliphatic rings. The number of rotatable bonds is 2. The number of piperidine rings is 1. The predicted octanol–water partition coefficient (Wildman–Crippen LogP) is 1.26. The van der Waals surface area contributed by atoms with Gasteiger partial charge < -0.3 is 15.0 Å². The summed E-state index contributed by atoms with van der Waals surface area (Å²) in [6, 6.07) is 0. The number of carbonyl (C=O) groups is 2. The molecule has 17 heavy (non-hydrogen) atoms. The fourth-order valence-corrected chi connectivity index (χ4v) is 2.21. The topological polar surface area (TPSA) is 73.4 Å². The van der Waals surface area contributed by atoms with E-state index >= 15 is 0 Å². The molecule has 92 valence electrons. The maximum atomic E-state index is 12.2. The number of hydrogen-bond donors (Lipinski definition) is 2. The van der Waals surface area contributed by atoms with Gasteiger partial charge in [-0.05, 0) is 25.3 Å². The van der Waals surface area contributed by atoms with Gasteiger partial charge in [0.1, 0.15) is 0 Å². The molecule has 0 aromatic carbocycles. The highest BCUT2D eigenvalue weighted by Crippen LogP contribution is 2.19. The van der Waals surface area contributed by atoms with Crippen LogP contribution in [0.3, 0.4) is 0 Å². The van der Waals surface area contributed by atoms with Gasteiger partial charge in [0, 0.05) is 25.5 Å². The first-order chi connectivity index (χ1) is 8.09. The Hall–Kier alpha value is -1.78. The van der Waals surface area contributed by atoms with E-state index in [1.807, 2.05) is 6.92 Å². The Morgan fingerprint density at radius 2 is 2.24 bits per heavy atom.